The molecule has 2 atom stereocenters. The molecule has 0 bridgehead atoms. The largest absolute Gasteiger partial charge is 0.304 e. The topological polar surface area (TPSA) is 23.6 Å². The highest BCUT2D eigenvalue weighted by atomic mass is 16.1. The van der Waals surface area contributed by atoms with Gasteiger partial charge >= 0.3 is 0 Å². The third-order valence-corrected chi connectivity index (χ3v) is 4.79. The van der Waals surface area contributed by atoms with Crippen molar-refractivity contribution in [2.24, 2.45) is 11.8 Å². The quantitative estimate of drug-likeness (QED) is 0.649. The fraction of sp³-hybridized carbons (Fsp3) is 0.941. The van der Waals surface area contributed by atoms with Crippen molar-refractivity contribution in [1.82, 2.24) is 9.80 Å². The molecule has 0 heterocycles. The monoisotopic (exact) mass is 282 g/mol. The van der Waals surface area contributed by atoms with E-state index in [0.29, 0.717) is 11.7 Å². The van der Waals surface area contributed by atoms with Crippen LogP contribution in [0.2, 0.25) is 0 Å². The van der Waals surface area contributed by atoms with Crippen LogP contribution in [0.25, 0.3) is 0 Å². The second-order valence-electron chi connectivity index (χ2n) is 6.32. The number of carbonyl (C=O) groups excluding carboxylic acids is 1. The van der Waals surface area contributed by atoms with Crippen molar-refractivity contribution in [2.75, 3.05) is 39.3 Å². The third kappa shape index (κ3) is 5.92. The molecule has 0 aromatic rings. The van der Waals surface area contributed by atoms with Gasteiger partial charge in [0, 0.05) is 18.9 Å². The van der Waals surface area contributed by atoms with Gasteiger partial charge in [0.2, 0.25) is 0 Å². The van der Waals surface area contributed by atoms with E-state index in [4.69, 9.17) is 0 Å². The second kappa shape index (κ2) is 9.51. The van der Waals surface area contributed by atoms with Gasteiger partial charge in [-0.1, -0.05) is 27.7 Å². The first-order valence-electron chi connectivity index (χ1n) is 8.58. The van der Waals surface area contributed by atoms with Crippen molar-refractivity contribution in [1.29, 1.82) is 0 Å². The molecular formula is C17H34N2O. The maximum Gasteiger partial charge on any atom is 0.137 e. The van der Waals surface area contributed by atoms with Crippen molar-refractivity contribution in [3.8, 4) is 0 Å². The molecule has 118 valence electrons. The Kier molecular flexibility index (Phi) is 8.39. The number of hydrogen-bond donors (Lipinski definition) is 0. The van der Waals surface area contributed by atoms with Crippen LogP contribution < -0.4 is 0 Å². The van der Waals surface area contributed by atoms with Crippen LogP contribution >= 0.6 is 0 Å². The number of hydrogen-bond acceptors (Lipinski definition) is 3. The molecule has 0 radical (unpaired) electrons. The molecule has 20 heavy (non-hydrogen) atoms. The Morgan fingerprint density at radius 3 is 2.25 bits per heavy atom. The number of Topliss-reactive ketones (excluding diaryl/α,β-unsaturated/α-hetero) is 1. The van der Waals surface area contributed by atoms with Crippen molar-refractivity contribution in [3.05, 3.63) is 0 Å². The summed E-state index contributed by atoms with van der Waals surface area (Å²) in [6.07, 6.45) is 4.23. The second-order valence-corrected chi connectivity index (χ2v) is 6.32. The van der Waals surface area contributed by atoms with Crippen molar-refractivity contribution < 1.29 is 4.79 Å². The molecule has 0 aromatic carbocycles. The van der Waals surface area contributed by atoms with Crippen molar-refractivity contribution >= 4 is 5.78 Å². The van der Waals surface area contributed by atoms with E-state index in [1.54, 1.807) is 0 Å². The van der Waals surface area contributed by atoms with E-state index in [1.165, 1.54) is 13.0 Å². The lowest BCUT2D eigenvalue weighted by molar-refractivity contribution is -0.126. The summed E-state index contributed by atoms with van der Waals surface area (Å²) in [6.45, 7) is 15.6. The molecule has 2 unspecified atom stereocenters. The summed E-state index contributed by atoms with van der Waals surface area (Å²) in [7, 11) is 0. The van der Waals surface area contributed by atoms with Crippen molar-refractivity contribution in [3.63, 3.8) is 0 Å². The van der Waals surface area contributed by atoms with Crippen LogP contribution in [0.1, 0.15) is 53.4 Å². The van der Waals surface area contributed by atoms with E-state index < -0.39 is 0 Å². The van der Waals surface area contributed by atoms with Crippen molar-refractivity contribution in [2.45, 2.75) is 53.4 Å². The predicted octanol–water partition coefficient (Wildman–Crippen LogP) is 3.05. The van der Waals surface area contributed by atoms with E-state index in [-0.39, 0.29) is 0 Å². The average Bonchev–Trinajstić information content (AvgIpc) is 2.46. The molecule has 0 N–H and O–H groups in total. The molecule has 1 aliphatic rings. The molecule has 1 saturated carbocycles. The Hall–Kier alpha value is -0.410. The average molecular weight is 282 g/mol. The minimum absolute atomic E-state index is 0.298. The van der Waals surface area contributed by atoms with Gasteiger partial charge < -0.3 is 9.80 Å². The summed E-state index contributed by atoms with van der Waals surface area (Å²) in [4.78, 5) is 17.0. The maximum atomic E-state index is 12.0. The first-order valence-corrected chi connectivity index (χ1v) is 8.58. The van der Waals surface area contributed by atoms with Gasteiger partial charge in [0.1, 0.15) is 5.78 Å². The van der Waals surface area contributed by atoms with Crippen LogP contribution in [-0.4, -0.2) is 54.9 Å². The fourth-order valence-electron chi connectivity index (χ4n) is 3.25. The molecule has 1 rings (SSSR count). The fourth-order valence-corrected chi connectivity index (χ4v) is 3.25. The summed E-state index contributed by atoms with van der Waals surface area (Å²) in [5.41, 5.74) is 0. The van der Waals surface area contributed by atoms with Crippen LogP contribution in [0.3, 0.4) is 0 Å². The van der Waals surface area contributed by atoms with E-state index in [9.17, 15) is 4.79 Å². The minimum atomic E-state index is 0.298. The Balaban J connectivity index is 2.32. The van der Waals surface area contributed by atoms with Crippen LogP contribution in [-0.2, 0) is 4.79 Å². The molecule has 3 heteroatoms. The number of nitrogens with zero attached hydrogens (tertiary/aromatic N) is 2. The van der Waals surface area contributed by atoms with Gasteiger partial charge in [0.15, 0.2) is 0 Å². The smallest absolute Gasteiger partial charge is 0.137 e. The van der Waals surface area contributed by atoms with Gasteiger partial charge in [0.05, 0.1) is 0 Å². The first-order chi connectivity index (χ1) is 9.60. The van der Waals surface area contributed by atoms with Gasteiger partial charge in [-0.3, -0.25) is 4.79 Å². The number of rotatable bonds is 9. The maximum absolute atomic E-state index is 12.0. The van der Waals surface area contributed by atoms with Crippen LogP contribution in [0.4, 0.5) is 0 Å². The van der Waals surface area contributed by atoms with Gasteiger partial charge in [-0.05, 0) is 57.9 Å². The molecule has 0 aromatic heterocycles. The number of carbonyl (C=O) groups is 1. The molecule has 0 amide bonds. The minimum Gasteiger partial charge on any atom is -0.304 e. The van der Waals surface area contributed by atoms with Gasteiger partial charge in [-0.2, -0.15) is 0 Å². The van der Waals surface area contributed by atoms with Gasteiger partial charge in [-0.25, -0.2) is 0 Å². The van der Waals surface area contributed by atoms with Crippen LogP contribution in [0, 0.1) is 11.8 Å². The van der Waals surface area contributed by atoms with Gasteiger partial charge in [-0.15, -0.1) is 0 Å². The lowest BCUT2D eigenvalue weighted by Crippen LogP contribution is -2.37. The lowest BCUT2D eigenvalue weighted by atomic mass is 9.81. The standard InChI is InChI=1S/C17H34N2O/c1-5-18(6-2)11-8-12-19(7-3)14-16-13-15(4)9-10-17(16)20/h15-16H,5-14H2,1-4H3. The summed E-state index contributed by atoms with van der Waals surface area (Å²) in [5, 5.41) is 0. The first kappa shape index (κ1) is 17.6. The summed E-state index contributed by atoms with van der Waals surface area (Å²) >= 11 is 0. The molecule has 0 aliphatic heterocycles. The zero-order valence-corrected chi connectivity index (χ0v) is 14.0. The zero-order chi connectivity index (χ0) is 15.0. The Labute approximate surface area is 125 Å². The van der Waals surface area contributed by atoms with Crippen LogP contribution in [0.5, 0.6) is 0 Å². The van der Waals surface area contributed by atoms with E-state index in [0.717, 1.165) is 57.9 Å². The third-order valence-electron chi connectivity index (χ3n) is 4.79. The highest BCUT2D eigenvalue weighted by Crippen LogP contribution is 2.26. The summed E-state index contributed by atoms with van der Waals surface area (Å²) in [5.74, 6) is 1.53. The zero-order valence-electron chi connectivity index (χ0n) is 14.0. The Morgan fingerprint density at radius 1 is 1.05 bits per heavy atom. The van der Waals surface area contributed by atoms with Crippen LogP contribution in [0.15, 0.2) is 0 Å². The highest BCUT2D eigenvalue weighted by Gasteiger charge is 2.27. The van der Waals surface area contributed by atoms with Gasteiger partial charge in [0.25, 0.3) is 0 Å². The highest BCUT2D eigenvalue weighted by molar-refractivity contribution is 5.81. The lowest BCUT2D eigenvalue weighted by Gasteiger charge is -2.31. The molecular weight excluding hydrogens is 248 g/mol. The Morgan fingerprint density at radius 2 is 1.65 bits per heavy atom. The molecule has 0 spiro atoms. The number of ketones is 1. The molecule has 1 aliphatic carbocycles. The van der Waals surface area contributed by atoms with E-state index in [2.05, 4.69) is 37.5 Å². The SMILES string of the molecule is CCN(CC)CCCN(CC)CC1CC(C)CCC1=O. The molecule has 1 fully saturated rings. The summed E-state index contributed by atoms with van der Waals surface area (Å²) in [6, 6.07) is 0. The Bertz CT molecular complexity index is 276. The molecule has 3 nitrogen and oxygen atoms in total. The molecule has 0 saturated heterocycles. The predicted molar refractivity (Wildman–Crippen MR) is 86.0 cm³/mol. The van der Waals surface area contributed by atoms with E-state index in [1.807, 2.05) is 0 Å². The normalized spacial score (nSPS) is 23.8. The van der Waals surface area contributed by atoms with E-state index >= 15 is 0 Å². The summed E-state index contributed by atoms with van der Waals surface area (Å²) < 4.78 is 0.